The number of nitrogens with one attached hydrogen (secondary N) is 1. The minimum absolute atomic E-state index is 0.0144. The van der Waals surface area contributed by atoms with Gasteiger partial charge in [-0.05, 0) is 50.3 Å². The first-order valence-electron chi connectivity index (χ1n) is 10.3. The fraction of sp³-hybridized carbons (Fsp3) is 0.619. The molecule has 0 atom stereocenters. The van der Waals surface area contributed by atoms with Crippen LogP contribution in [0.15, 0.2) is 24.3 Å². The van der Waals surface area contributed by atoms with Gasteiger partial charge < -0.3 is 20.1 Å². The van der Waals surface area contributed by atoms with E-state index in [1.807, 2.05) is 24.0 Å². The molecule has 1 aliphatic carbocycles. The van der Waals surface area contributed by atoms with Crippen molar-refractivity contribution in [3.05, 3.63) is 29.8 Å². The van der Waals surface area contributed by atoms with E-state index in [1.165, 1.54) is 5.56 Å². The molecule has 1 saturated heterocycles. The molecule has 1 aromatic rings. The highest BCUT2D eigenvalue weighted by atomic mass is 16.5. The largest absolute Gasteiger partial charge is 0.494 e. The average Bonchev–Trinajstić information content (AvgIpc) is 2.70. The van der Waals surface area contributed by atoms with Gasteiger partial charge in [0.05, 0.1) is 12.5 Å². The third-order valence-corrected chi connectivity index (χ3v) is 5.70. The van der Waals surface area contributed by atoms with Crippen LogP contribution < -0.4 is 10.1 Å². The van der Waals surface area contributed by atoms with Crippen LogP contribution in [-0.2, 0) is 11.3 Å². The van der Waals surface area contributed by atoms with Gasteiger partial charge in [-0.15, -0.1) is 0 Å². The second-order valence-electron chi connectivity index (χ2n) is 7.68. The molecule has 3 rings (SSSR count). The van der Waals surface area contributed by atoms with Crippen LogP contribution >= 0.6 is 0 Å². The highest BCUT2D eigenvalue weighted by molar-refractivity contribution is 5.75. The topological polar surface area (TPSA) is 82.1 Å². The molecular weight excluding hydrogens is 358 g/mol. The highest BCUT2D eigenvalue weighted by Gasteiger charge is 2.28. The molecule has 154 valence electrons. The lowest BCUT2D eigenvalue weighted by Gasteiger charge is -2.36. The normalized spacial score (nSPS) is 23.2. The molecular formula is C21H31N3O4. The van der Waals surface area contributed by atoms with E-state index >= 15 is 0 Å². The minimum atomic E-state index is -0.714. The Labute approximate surface area is 166 Å². The molecule has 1 heterocycles. The predicted octanol–water partition coefficient (Wildman–Crippen LogP) is 2.56. The lowest BCUT2D eigenvalue weighted by Crippen LogP contribution is -2.53. The number of hydrogen-bond acceptors (Lipinski definition) is 4. The third kappa shape index (κ3) is 5.61. The molecule has 1 aliphatic heterocycles. The second kappa shape index (κ2) is 9.78. The number of nitrogens with zero attached hydrogens (tertiary/aromatic N) is 2. The van der Waals surface area contributed by atoms with E-state index in [4.69, 9.17) is 9.84 Å². The first-order valence-corrected chi connectivity index (χ1v) is 10.3. The summed E-state index contributed by atoms with van der Waals surface area (Å²) in [5, 5.41) is 12.2. The lowest BCUT2D eigenvalue weighted by atomic mass is 9.86. The second-order valence-corrected chi connectivity index (χ2v) is 7.68. The number of rotatable bonds is 6. The van der Waals surface area contributed by atoms with E-state index in [-0.39, 0.29) is 18.0 Å². The zero-order chi connectivity index (χ0) is 19.9. The predicted molar refractivity (Wildman–Crippen MR) is 106 cm³/mol. The molecule has 0 aromatic heterocycles. The standard InChI is InChI=1S/C21H31N3O4/c1-2-28-19-9-3-16(4-10-19)15-23-11-13-24(14-12-23)21(27)22-18-7-5-17(6-8-18)20(25)26/h3-4,9-10,17-18H,2,5-8,11-15H2,1H3,(H,22,27)(H,25,26). The summed E-state index contributed by atoms with van der Waals surface area (Å²) in [6, 6.07) is 8.28. The molecule has 0 spiro atoms. The van der Waals surface area contributed by atoms with Crippen LogP contribution in [-0.4, -0.2) is 65.7 Å². The van der Waals surface area contributed by atoms with E-state index in [0.717, 1.165) is 38.2 Å². The van der Waals surface area contributed by atoms with E-state index < -0.39 is 5.97 Å². The molecule has 0 radical (unpaired) electrons. The molecule has 7 heteroatoms. The Hall–Kier alpha value is -2.28. The molecule has 2 amide bonds. The van der Waals surface area contributed by atoms with Crippen LogP contribution in [0.4, 0.5) is 4.79 Å². The van der Waals surface area contributed by atoms with E-state index in [1.54, 1.807) is 0 Å². The molecule has 1 aromatic carbocycles. The summed E-state index contributed by atoms with van der Waals surface area (Å²) >= 11 is 0. The summed E-state index contributed by atoms with van der Waals surface area (Å²) < 4.78 is 5.48. The molecule has 0 bridgehead atoms. The van der Waals surface area contributed by atoms with Gasteiger partial charge in [0.2, 0.25) is 0 Å². The number of carboxylic acids is 1. The molecule has 28 heavy (non-hydrogen) atoms. The van der Waals surface area contributed by atoms with Crippen LogP contribution in [0.5, 0.6) is 5.75 Å². The quantitative estimate of drug-likeness (QED) is 0.781. The van der Waals surface area contributed by atoms with Gasteiger partial charge in [0.1, 0.15) is 5.75 Å². The Balaban J connectivity index is 1.38. The van der Waals surface area contributed by atoms with Crippen molar-refractivity contribution in [2.45, 2.75) is 45.2 Å². The first kappa shape index (κ1) is 20.5. The van der Waals surface area contributed by atoms with E-state index in [9.17, 15) is 9.59 Å². The molecule has 0 unspecified atom stereocenters. The van der Waals surface area contributed by atoms with Crippen LogP contribution in [0.2, 0.25) is 0 Å². The zero-order valence-electron chi connectivity index (χ0n) is 16.6. The van der Waals surface area contributed by atoms with Crippen molar-refractivity contribution in [1.29, 1.82) is 0 Å². The number of carboxylic acid groups (broad SMARTS) is 1. The van der Waals surface area contributed by atoms with Crippen molar-refractivity contribution in [2.75, 3.05) is 32.8 Å². The monoisotopic (exact) mass is 389 g/mol. The average molecular weight is 389 g/mol. The van der Waals surface area contributed by atoms with Crippen LogP contribution in [0, 0.1) is 5.92 Å². The minimum Gasteiger partial charge on any atom is -0.494 e. The maximum atomic E-state index is 12.5. The molecule has 7 nitrogen and oxygen atoms in total. The van der Waals surface area contributed by atoms with Gasteiger partial charge in [-0.25, -0.2) is 4.79 Å². The maximum Gasteiger partial charge on any atom is 0.317 e. The number of carbonyl (C=O) groups excluding carboxylic acids is 1. The van der Waals surface area contributed by atoms with Crippen molar-refractivity contribution < 1.29 is 19.4 Å². The molecule has 2 aliphatic rings. The number of ether oxygens (including phenoxy) is 1. The Morgan fingerprint density at radius 2 is 1.71 bits per heavy atom. The summed E-state index contributed by atoms with van der Waals surface area (Å²) in [5.74, 6) is -0.0714. The Kier molecular flexibility index (Phi) is 7.14. The number of urea groups is 1. The molecule has 2 N–H and O–H groups in total. The summed E-state index contributed by atoms with van der Waals surface area (Å²) in [6.07, 6.45) is 2.80. The van der Waals surface area contributed by atoms with Gasteiger partial charge in [-0.3, -0.25) is 9.69 Å². The van der Waals surface area contributed by atoms with Gasteiger partial charge in [0.25, 0.3) is 0 Å². The van der Waals surface area contributed by atoms with Crippen LogP contribution in [0.3, 0.4) is 0 Å². The van der Waals surface area contributed by atoms with Gasteiger partial charge in [-0.1, -0.05) is 12.1 Å². The van der Waals surface area contributed by atoms with Crippen LogP contribution in [0.25, 0.3) is 0 Å². The number of carbonyl (C=O) groups is 2. The lowest BCUT2D eigenvalue weighted by molar-refractivity contribution is -0.142. The third-order valence-electron chi connectivity index (χ3n) is 5.70. The summed E-state index contributed by atoms with van der Waals surface area (Å²) in [6.45, 7) is 6.66. The number of benzene rings is 1. The molecule has 2 fully saturated rings. The van der Waals surface area contributed by atoms with Crippen molar-refractivity contribution >= 4 is 12.0 Å². The first-order chi connectivity index (χ1) is 13.5. The van der Waals surface area contributed by atoms with E-state index in [0.29, 0.717) is 32.5 Å². The summed E-state index contributed by atoms with van der Waals surface area (Å²) in [7, 11) is 0. The van der Waals surface area contributed by atoms with Crippen molar-refractivity contribution in [2.24, 2.45) is 5.92 Å². The summed E-state index contributed by atoms with van der Waals surface area (Å²) in [5.41, 5.74) is 1.25. The van der Waals surface area contributed by atoms with Gasteiger partial charge >= 0.3 is 12.0 Å². The van der Waals surface area contributed by atoms with Gasteiger partial charge in [0.15, 0.2) is 0 Å². The molecule has 1 saturated carbocycles. The van der Waals surface area contributed by atoms with Crippen molar-refractivity contribution in [3.63, 3.8) is 0 Å². The number of piperazine rings is 1. The number of amides is 2. The van der Waals surface area contributed by atoms with E-state index in [2.05, 4.69) is 22.3 Å². The number of aliphatic carboxylic acids is 1. The van der Waals surface area contributed by atoms with Crippen LogP contribution in [0.1, 0.15) is 38.2 Å². The number of hydrogen-bond donors (Lipinski definition) is 2. The SMILES string of the molecule is CCOc1ccc(CN2CCN(C(=O)NC3CCC(C(=O)O)CC3)CC2)cc1. The van der Waals surface area contributed by atoms with Crippen molar-refractivity contribution in [3.8, 4) is 5.75 Å². The highest BCUT2D eigenvalue weighted by Crippen LogP contribution is 2.24. The van der Waals surface area contributed by atoms with Gasteiger partial charge in [-0.2, -0.15) is 0 Å². The Bertz CT molecular complexity index is 648. The fourth-order valence-corrected chi connectivity index (χ4v) is 3.98. The maximum absolute atomic E-state index is 12.5. The Morgan fingerprint density at radius 1 is 1.07 bits per heavy atom. The van der Waals surface area contributed by atoms with Gasteiger partial charge in [0, 0.05) is 38.8 Å². The smallest absolute Gasteiger partial charge is 0.317 e. The van der Waals surface area contributed by atoms with Crippen molar-refractivity contribution in [1.82, 2.24) is 15.1 Å². The Morgan fingerprint density at radius 3 is 2.29 bits per heavy atom. The zero-order valence-corrected chi connectivity index (χ0v) is 16.6. The summed E-state index contributed by atoms with van der Waals surface area (Å²) in [4.78, 5) is 27.8. The fourth-order valence-electron chi connectivity index (χ4n) is 3.98.